The summed E-state index contributed by atoms with van der Waals surface area (Å²) < 4.78 is 10.9. The molecule has 26 heavy (non-hydrogen) atoms. The molecule has 0 aliphatic heterocycles. The Kier molecular flexibility index (Phi) is 7.23. The molecular weight excluding hydrogens is 360 g/mol. The lowest BCUT2D eigenvalue weighted by Crippen LogP contribution is -2.20. The number of hydrogen-bond acceptors (Lipinski definition) is 5. The van der Waals surface area contributed by atoms with Crippen LogP contribution in [0.1, 0.15) is 19.8 Å². The van der Waals surface area contributed by atoms with E-state index >= 15 is 0 Å². The molecule has 0 unspecified atom stereocenters. The van der Waals surface area contributed by atoms with Crippen molar-refractivity contribution >= 4 is 28.9 Å². The first-order chi connectivity index (χ1) is 12.5. The van der Waals surface area contributed by atoms with Gasteiger partial charge >= 0.3 is 0 Å². The number of nitro benzene ring substituents is 1. The van der Waals surface area contributed by atoms with Gasteiger partial charge in [0.2, 0.25) is 0 Å². The second-order valence-electron chi connectivity index (χ2n) is 5.43. The van der Waals surface area contributed by atoms with Gasteiger partial charge in [0.15, 0.2) is 6.61 Å². The molecule has 0 heterocycles. The summed E-state index contributed by atoms with van der Waals surface area (Å²) in [5, 5.41) is 13.5. The quantitative estimate of drug-likeness (QED) is 0.395. The van der Waals surface area contributed by atoms with Crippen LogP contribution in [0.4, 0.5) is 11.4 Å². The van der Waals surface area contributed by atoms with Crippen LogP contribution in [0, 0.1) is 10.1 Å². The minimum atomic E-state index is -0.563. The predicted octanol–water partition coefficient (Wildman–Crippen LogP) is 4.44. The van der Waals surface area contributed by atoms with Crippen LogP contribution in [-0.4, -0.2) is 24.0 Å². The Morgan fingerprint density at radius 3 is 2.42 bits per heavy atom. The summed E-state index contributed by atoms with van der Waals surface area (Å²) in [6.07, 6.45) is 2.05. The molecule has 2 aromatic rings. The standard InChI is InChI=1S/C18H19ClN2O5/c1-2-3-10-25-14-5-7-15(8-6-14)26-12-18(22)20-17-11-13(21(23)24)4-9-16(17)19/h4-9,11H,2-3,10,12H2,1H3,(H,20,22). The summed E-state index contributed by atoms with van der Waals surface area (Å²) in [4.78, 5) is 22.2. The first kappa shape index (κ1) is 19.5. The molecule has 0 aliphatic rings. The van der Waals surface area contributed by atoms with Crippen LogP contribution in [0.2, 0.25) is 5.02 Å². The fourth-order valence-corrected chi connectivity index (χ4v) is 2.19. The van der Waals surface area contributed by atoms with Crippen LogP contribution < -0.4 is 14.8 Å². The average molecular weight is 379 g/mol. The molecule has 2 aromatic carbocycles. The number of benzene rings is 2. The van der Waals surface area contributed by atoms with Crippen molar-refractivity contribution in [3.8, 4) is 11.5 Å². The van der Waals surface area contributed by atoms with Crippen LogP contribution in [0.3, 0.4) is 0 Å². The van der Waals surface area contributed by atoms with E-state index in [1.165, 1.54) is 18.2 Å². The van der Waals surface area contributed by atoms with E-state index in [1.807, 2.05) is 0 Å². The van der Waals surface area contributed by atoms with Gasteiger partial charge in [0.05, 0.1) is 22.2 Å². The summed E-state index contributed by atoms with van der Waals surface area (Å²) in [5.41, 5.74) is -0.00146. The number of hydrogen-bond donors (Lipinski definition) is 1. The molecule has 1 amide bonds. The molecule has 0 aromatic heterocycles. The maximum Gasteiger partial charge on any atom is 0.271 e. The maximum atomic E-state index is 12.0. The van der Waals surface area contributed by atoms with Crippen LogP contribution >= 0.6 is 11.6 Å². The van der Waals surface area contributed by atoms with E-state index in [0.29, 0.717) is 12.4 Å². The zero-order valence-electron chi connectivity index (χ0n) is 14.2. The van der Waals surface area contributed by atoms with Crippen molar-refractivity contribution in [2.45, 2.75) is 19.8 Å². The third-order valence-corrected chi connectivity index (χ3v) is 3.72. The zero-order valence-corrected chi connectivity index (χ0v) is 15.0. The topological polar surface area (TPSA) is 90.7 Å². The lowest BCUT2D eigenvalue weighted by molar-refractivity contribution is -0.384. The van der Waals surface area contributed by atoms with Crippen molar-refractivity contribution in [1.82, 2.24) is 0 Å². The average Bonchev–Trinajstić information content (AvgIpc) is 2.63. The number of nitrogens with zero attached hydrogens (tertiary/aromatic N) is 1. The van der Waals surface area contributed by atoms with E-state index in [0.717, 1.165) is 18.6 Å². The van der Waals surface area contributed by atoms with Crippen LogP contribution in [-0.2, 0) is 4.79 Å². The van der Waals surface area contributed by atoms with Crippen molar-refractivity contribution in [2.24, 2.45) is 0 Å². The molecule has 0 saturated carbocycles. The highest BCUT2D eigenvalue weighted by molar-refractivity contribution is 6.33. The third-order valence-electron chi connectivity index (χ3n) is 3.40. The van der Waals surface area contributed by atoms with Gasteiger partial charge in [-0.2, -0.15) is 0 Å². The molecule has 0 spiro atoms. The lowest BCUT2D eigenvalue weighted by Gasteiger charge is -2.10. The van der Waals surface area contributed by atoms with E-state index in [2.05, 4.69) is 12.2 Å². The van der Waals surface area contributed by atoms with Crippen molar-refractivity contribution in [3.05, 3.63) is 57.6 Å². The number of carbonyl (C=O) groups is 1. The summed E-state index contributed by atoms with van der Waals surface area (Å²) in [5.74, 6) is 0.766. The molecular formula is C18H19ClN2O5. The summed E-state index contributed by atoms with van der Waals surface area (Å²) in [6.45, 7) is 2.49. The largest absolute Gasteiger partial charge is 0.494 e. The fraction of sp³-hybridized carbons (Fsp3) is 0.278. The first-order valence-corrected chi connectivity index (χ1v) is 8.47. The molecule has 0 atom stereocenters. The summed E-state index contributed by atoms with van der Waals surface area (Å²) >= 11 is 5.94. The highest BCUT2D eigenvalue weighted by atomic mass is 35.5. The Hall–Kier alpha value is -2.80. The Morgan fingerprint density at radius 1 is 1.15 bits per heavy atom. The van der Waals surface area contributed by atoms with Gasteiger partial charge in [-0.3, -0.25) is 14.9 Å². The number of unbranched alkanes of at least 4 members (excludes halogenated alkanes) is 1. The summed E-state index contributed by atoms with van der Waals surface area (Å²) in [6, 6.07) is 10.7. The molecule has 2 rings (SSSR count). The van der Waals surface area contributed by atoms with Crippen molar-refractivity contribution in [1.29, 1.82) is 0 Å². The molecule has 0 bridgehead atoms. The molecule has 7 nitrogen and oxygen atoms in total. The van der Waals surface area contributed by atoms with Crippen molar-refractivity contribution < 1.29 is 19.2 Å². The maximum absolute atomic E-state index is 12.0. The van der Waals surface area contributed by atoms with Gasteiger partial charge in [-0.25, -0.2) is 0 Å². The minimum absolute atomic E-state index is 0.161. The van der Waals surface area contributed by atoms with Gasteiger partial charge in [-0.15, -0.1) is 0 Å². The van der Waals surface area contributed by atoms with E-state index in [1.54, 1.807) is 24.3 Å². The fourth-order valence-electron chi connectivity index (χ4n) is 2.02. The number of rotatable bonds is 9. The Labute approximate surface area is 156 Å². The third kappa shape index (κ3) is 5.93. The van der Waals surface area contributed by atoms with Gasteiger partial charge in [0.1, 0.15) is 11.5 Å². The first-order valence-electron chi connectivity index (χ1n) is 8.09. The number of nitro groups is 1. The van der Waals surface area contributed by atoms with Crippen molar-refractivity contribution in [2.75, 3.05) is 18.5 Å². The van der Waals surface area contributed by atoms with Crippen LogP contribution in [0.15, 0.2) is 42.5 Å². The monoisotopic (exact) mass is 378 g/mol. The predicted molar refractivity (Wildman–Crippen MR) is 99.1 cm³/mol. The van der Waals surface area contributed by atoms with Crippen LogP contribution in [0.25, 0.3) is 0 Å². The normalized spacial score (nSPS) is 10.2. The summed E-state index contributed by atoms with van der Waals surface area (Å²) in [7, 11) is 0. The molecule has 0 radical (unpaired) electrons. The molecule has 0 aliphatic carbocycles. The molecule has 1 N–H and O–H groups in total. The van der Waals surface area contributed by atoms with E-state index in [9.17, 15) is 14.9 Å². The number of anilines is 1. The SMILES string of the molecule is CCCCOc1ccc(OCC(=O)Nc2cc([N+](=O)[O-])ccc2Cl)cc1. The van der Waals surface area contributed by atoms with E-state index < -0.39 is 10.8 Å². The molecule has 8 heteroatoms. The Balaban J connectivity index is 1.87. The van der Waals surface area contributed by atoms with E-state index in [4.69, 9.17) is 21.1 Å². The number of amides is 1. The lowest BCUT2D eigenvalue weighted by atomic mass is 10.3. The molecule has 0 fully saturated rings. The molecule has 138 valence electrons. The Bertz CT molecular complexity index is 765. The highest BCUT2D eigenvalue weighted by Gasteiger charge is 2.12. The van der Waals surface area contributed by atoms with Gasteiger partial charge in [0.25, 0.3) is 11.6 Å². The van der Waals surface area contributed by atoms with Crippen molar-refractivity contribution in [3.63, 3.8) is 0 Å². The number of ether oxygens (including phenoxy) is 2. The van der Waals surface area contributed by atoms with Gasteiger partial charge in [-0.1, -0.05) is 24.9 Å². The van der Waals surface area contributed by atoms with E-state index in [-0.39, 0.29) is 23.0 Å². The number of carbonyl (C=O) groups excluding carboxylic acids is 1. The van der Waals surface area contributed by atoms with Gasteiger partial charge in [0, 0.05) is 12.1 Å². The Morgan fingerprint density at radius 2 is 1.81 bits per heavy atom. The van der Waals surface area contributed by atoms with Crippen LogP contribution in [0.5, 0.6) is 11.5 Å². The highest BCUT2D eigenvalue weighted by Crippen LogP contribution is 2.26. The molecule has 0 saturated heterocycles. The number of nitrogens with one attached hydrogen (secondary N) is 1. The minimum Gasteiger partial charge on any atom is -0.494 e. The number of halogens is 1. The smallest absolute Gasteiger partial charge is 0.271 e. The van der Waals surface area contributed by atoms with Gasteiger partial charge < -0.3 is 14.8 Å². The number of non-ortho nitro benzene ring substituents is 1. The zero-order chi connectivity index (χ0) is 18.9. The second-order valence-corrected chi connectivity index (χ2v) is 5.84. The van der Waals surface area contributed by atoms with Gasteiger partial charge in [-0.05, 0) is 36.8 Å². The second kappa shape index (κ2) is 9.62.